The summed E-state index contributed by atoms with van der Waals surface area (Å²) in [6.07, 6.45) is 2.10. The van der Waals surface area contributed by atoms with Gasteiger partial charge in [0, 0.05) is 22.9 Å². The molecule has 2 heterocycles. The summed E-state index contributed by atoms with van der Waals surface area (Å²) in [5, 5.41) is 4.13. The fourth-order valence-corrected chi connectivity index (χ4v) is 3.52. The van der Waals surface area contributed by atoms with Crippen LogP contribution in [0.4, 0.5) is 0 Å². The second-order valence-electron chi connectivity index (χ2n) is 6.10. The van der Waals surface area contributed by atoms with Crippen molar-refractivity contribution in [2.24, 2.45) is 0 Å². The molecule has 1 aromatic carbocycles. The summed E-state index contributed by atoms with van der Waals surface area (Å²) >= 11 is 1.67. The van der Waals surface area contributed by atoms with Crippen LogP contribution in [0, 0.1) is 0 Å². The molecule has 0 amide bonds. The van der Waals surface area contributed by atoms with Crippen molar-refractivity contribution in [3.63, 3.8) is 0 Å². The van der Waals surface area contributed by atoms with Crippen LogP contribution in [0.2, 0.25) is 0 Å². The first-order valence-electron chi connectivity index (χ1n) is 8.20. The minimum Gasteiger partial charge on any atom is -0.487 e. The number of aromatic nitrogens is 1. The van der Waals surface area contributed by atoms with E-state index in [1.807, 2.05) is 17.5 Å². The molecule has 0 aliphatic carbocycles. The van der Waals surface area contributed by atoms with Gasteiger partial charge in [0.25, 0.3) is 0 Å². The van der Waals surface area contributed by atoms with E-state index in [-0.39, 0.29) is 11.5 Å². The monoisotopic (exact) mass is 343 g/mol. The Morgan fingerprint density at radius 3 is 2.88 bits per heavy atom. The summed E-state index contributed by atoms with van der Waals surface area (Å²) in [5.74, 6) is 0.937. The quantitative estimate of drug-likeness (QED) is 0.597. The molecule has 126 valence electrons. The Bertz CT molecular complexity index is 895. The maximum Gasteiger partial charge on any atom is 0.336 e. The molecule has 24 heavy (non-hydrogen) atoms. The number of hydrogen-bond acceptors (Lipinski definition) is 5. The molecule has 0 aliphatic heterocycles. The summed E-state index contributed by atoms with van der Waals surface area (Å²) in [6, 6.07) is 7.21. The number of ether oxygens (including phenoxy) is 1. The van der Waals surface area contributed by atoms with Gasteiger partial charge in [-0.05, 0) is 36.5 Å². The Balaban J connectivity index is 1.81. The highest BCUT2D eigenvalue weighted by molar-refractivity contribution is 7.09. The molecule has 2 aromatic heterocycles. The molecule has 4 nitrogen and oxygen atoms in total. The third kappa shape index (κ3) is 3.67. The van der Waals surface area contributed by atoms with Gasteiger partial charge in [-0.2, -0.15) is 0 Å². The zero-order valence-electron chi connectivity index (χ0n) is 14.2. The number of thiazole rings is 1. The highest BCUT2D eigenvalue weighted by Crippen LogP contribution is 2.27. The van der Waals surface area contributed by atoms with Gasteiger partial charge in [0.05, 0.1) is 10.7 Å². The molecule has 0 saturated heterocycles. The second kappa shape index (κ2) is 7.18. The van der Waals surface area contributed by atoms with Crippen LogP contribution in [0.1, 0.15) is 49.4 Å². The van der Waals surface area contributed by atoms with E-state index < -0.39 is 0 Å². The van der Waals surface area contributed by atoms with Crippen LogP contribution in [0.15, 0.2) is 38.9 Å². The van der Waals surface area contributed by atoms with E-state index >= 15 is 0 Å². The van der Waals surface area contributed by atoms with Crippen LogP contribution in [0.25, 0.3) is 11.0 Å². The van der Waals surface area contributed by atoms with Gasteiger partial charge in [-0.15, -0.1) is 11.3 Å². The third-order valence-electron chi connectivity index (χ3n) is 3.82. The van der Waals surface area contributed by atoms with E-state index in [0.29, 0.717) is 17.9 Å². The van der Waals surface area contributed by atoms with Gasteiger partial charge in [-0.3, -0.25) is 0 Å². The van der Waals surface area contributed by atoms with Crippen molar-refractivity contribution in [1.82, 2.24) is 4.98 Å². The minimum atomic E-state index is -0.327. The fourth-order valence-electron chi connectivity index (χ4n) is 2.64. The molecule has 0 N–H and O–H groups in total. The molecule has 0 fully saturated rings. The van der Waals surface area contributed by atoms with Gasteiger partial charge in [0.2, 0.25) is 0 Å². The highest BCUT2D eigenvalue weighted by atomic mass is 32.1. The van der Waals surface area contributed by atoms with Crippen molar-refractivity contribution in [1.29, 1.82) is 0 Å². The van der Waals surface area contributed by atoms with Gasteiger partial charge in [0.15, 0.2) is 0 Å². The van der Waals surface area contributed by atoms with Gasteiger partial charge in [0.1, 0.15) is 17.9 Å². The zero-order valence-corrected chi connectivity index (χ0v) is 15.0. The van der Waals surface area contributed by atoms with E-state index in [0.717, 1.165) is 34.5 Å². The maximum absolute atomic E-state index is 11.7. The number of aryl methyl sites for hydroxylation is 1. The Kier molecular flexibility index (Phi) is 5.00. The molecule has 0 atom stereocenters. The lowest BCUT2D eigenvalue weighted by atomic mass is 10.00. The summed E-state index contributed by atoms with van der Waals surface area (Å²) in [7, 11) is 0. The molecule has 5 heteroatoms. The van der Waals surface area contributed by atoms with Gasteiger partial charge in [-0.1, -0.05) is 20.8 Å². The Hall–Kier alpha value is -2.14. The number of nitrogens with zero attached hydrogens (tertiary/aromatic N) is 1. The Morgan fingerprint density at radius 2 is 2.12 bits per heavy atom. The Morgan fingerprint density at radius 1 is 1.29 bits per heavy atom. The van der Waals surface area contributed by atoms with E-state index in [1.165, 1.54) is 0 Å². The number of hydrogen-bond donors (Lipinski definition) is 0. The van der Waals surface area contributed by atoms with E-state index in [2.05, 4.69) is 25.8 Å². The first-order chi connectivity index (χ1) is 11.6. The molecular formula is C19H21NO3S. The lowest BCUT2D eigenvalue weighted by Crippen LogP contribution is -2.02. The summed E-state index contributed by atoms with van der Waals surface area (Å²) in [4.78, 5) is 16.3. The molecule has 0 bridgehead atoms. The van der Waals surface area contributed by atoms with Crippen LogP contribution in [-0.2, 0) is 13.0 Å². The summed E-state index contributed by atoms with van der Waals surface area (Å²) < 4.78 is 11.1. The van der Waals surface area contributed by atoms with Crippen LogP contribution in [0.5, 0.6) is 5.75 Å². The standard InChI is InChI=1S/C19H21NO3S/c1-4-5-18-20-13(11-24-18)10-22-14-6-7-15-16(12(2)3)9-19(21)23-17(15)8-14/h6-9,11-12H,4-5,10H2,1-3H3. The predicted molar refractivity (Wildman–Crippen MR) is 97.0 cm³/mol. The predicted octanol–water partition coefficient (Wildman–Crippen LogP) is 4.90. The van der Waals surface area contributed by atoms with Crippen molar-refractivity contribution >= 4 is 22.3 Å². The average Bonchev–Trinajstić information content (AvgIpc) is 2.99. The van der Waals surface area contributed by atoms with Crippen molar-refractivity contribution in [3.05, 3.63) is 56.3 Å². The Labute approximate surface area is 145 Å². The van der Waals surface area contributed by atoms with Gasteiger partial charge >= 0.3 is 5.63 Å². The van der Waals surface area contributed by atoms with Crippen LogP contribution >= 0.6 is 11.3 Å². The van der Waals surface area contributed by atoms with E-state index in [1.54, 1.807) is 23.5 Å². The average molecular weight is 343 g/mol. The summed E-state index contributed by atoms with van der Waals surface area (Å²) in [6.45, 7) is 6.69. The van der Waals surface area contributed by atoms with E-state index in [9.17, 15) is 4.79 Å². The van der Waals surface area contributed by atoms with Gasteiger partial charge in [-0.25, -0.2) is 9.78 Å². The van der Waals surface area contributed by atoms with Gasteiger partial charge < -0.3 is 9.15 Å². The molecule has 0 radical (unpaired) electrons. The molecular weight excluding hydrogens is 322 g/mol. The number of fused-ring (bicyclic) bond motifs is 1. The lowest BCUT2D eigenvalue weighted by Gasteiger charge is -2.10. The molecule has 3 rings (SSSR count). The smallest absolute Gasteiger partial charge is 0.336 e. The van der Waals surface area contributed by atoms with E-state index in [4.69, 9.17) is 9.15 Å². The molecule has 0 aliphatic rings. The van der Waals surface area contributed by atoms with Crippen LogP contribution in [0.3, 0.4) is 0 Å². The van der Waals surface area contributed by atoms with Crippen LogP contribution in [-0.4, -0.2) is 4.98 Å². The fraction of sp³-hybridized carbons (Fsp3) is 0.368. The molecule has 0 spiro atoms. The highest BCUT2D eigenvalue weighted by Gasteiger charge is 2.10. The zero-order chi connectivity index (χ0) is 17.1. The largest absolute Gasteiger partial charge is 0.487 e. The molecule has 0 unspecified atom stereocenters. The minimum absolute atomic E-state index is 0.260. The lowest BCUT2D eigenvalue weighted by molar-refractivity contribution is 0.302. The second-order valence-corrected chi connectivity index (χ2v) is 7.05. The van der Waals surface area contributed by atoms with Crippen LogP contribution < -0.4 is 10.4 Å². The van der Waals surface area contributed by atoms with Crippen molar-refractivity contribution < 1.29 is 9.15 Å². The SMILES string of the molecule is CCCc1nc(COc2ccc3c(C(C)C)cc(=O)oc3c2)cs1. The maximum atomic E-state index is 11.7. The molecule has 0 saturated carbocycles. The first-order valence-corrected chi connectivity index (χ1v) is 9.08. The topological polar surface area (TPSA) is 52.3 Å². The first kappa shape index (κ1) is 16.7. The number of benzene rings is 1. The normalized spacial score (nSPS) is 11.3. The molecule has 3 aromatic rings. The van der Waals surface area contributed by atoms with Crippen molar-refractivity contribution in [2.75, 3.05) is 0 Å². The van der Waals surface area contributed by atoms with Crippen molar-refractivity contribution in [3.8, 4) is 5.75 Å². The summed E-state index contributed by atoms with van der Waals surface area (Å²) in [5.41, 5.74) is 2.16. The number of rotatable bonds is 6. The van der Waals surface area contributed by atoms with Crippen molar-refractivity contribution in [2.45, 2.75) is 46.1 Å². The third-order valence-corrected chi connectivity index (χ3v) is 4.78.